The molecule has 0 heterocycles. The van der Waals surface area contributed by atoms with E-state index in [-0.39, 0.29) is 52.3 Å². The summed E-state index contributed by atoms with van der Waals surface area (Å²) >= 11 is 0. The summed E-state index contributed by atoms with van der Waals surface area (Å²) < 4.78 is 0. The van der Waals surface area contributed by atoms with E-state index in [0.29, 0.717) is 0 Å². The maximum absolute atomic E-state index is 3.30. The molecule has 0 atom stereocenters. The molecule has 0 saturated heterocycles. The van der Waals surface area contributed by atoms with Crippen LogP contribution < -0.4 is 0 Å². The van der Waals surface area contributed by atoms with Gasteiger partial charge in [0.25, 0.3) is 0 Å². The van der Waals surface area contributed by atoms with Crippen molar-refractivity contribution in [1.82, 2.24) is 0 Å². The fraction of sp³-hybridized carbons (Fsp3) is 0.294. The Hall–Kier alpha value is -0.0405. The Kier molecular flexibility index (Phi) is 5.70. The van der Waals surface area contributed by atoms with Gasteiger partial charge in [0.15, 0.2) is 0 Å². The maximum Gasteiger partial charge on any atom is 0 e. The van der Waals surface area contributed by atoms with E-state index < -0.39 is 0 Å². The fourth-order valence-corrected chi connectivity index (χ4v) is 1.94. The third-order valence-corrected chi connectivity index (χ3v) is 3.10. The van der Waals surface area contributed by atoms with Crippen LogP contribution in [0.2, 0.25) is 0 Å². The Morgan fingerprint density at radius 1 is 1.00 bits per heavy atom. The number of benzene rings is 2. The van der Waals surface area contributed by atoms with Crippen LogP contribution in [0, 0.1) is 59.9 Å². The SMILES string of the molecule is Cc1ccc(C(C)(C)C)cc1-c1[c-]cccc1.[Yb]. The molecule has 0 spiro atoms. The molecule has 2 rings (SSSR count). The Bertz CT molecular complexity index is 507. The number of hydrogen-bond donors (Lipinski definition) is 0. The first-order chi connectivity index (χ1) is 7.98. The molecule has 2 aromatic carbocycles. The van der Waals surface area contributed by atoms with Gasteiger partial charge in [0.1, 0.15) is 0 Å². The fourth-order valence-electron chi connectivity index (χ4n) is 1.94. The zero-order valence-corrected chi connectivity index (χ0v) is 13.0. The summed E-state index contributed by atoms with van der Waals surface area (Å²) in [6.45, 7) is 8.89. The quantitative estimate of drug-likeness (QED) is 0.610. The van der Waals surface area contributed by atoms with Gasteiger partial charge >= 0.3 is 0 Å². The van der Waals surface area contributed by atoms with E-state index in [2.05, 4.69) is 64.1 Å². The van der Waals surface area contributed by atoms with E-state index in [4.69, 9.17) is 0 Å². The Labute approximate surface area is 149 Å². The summed E-state index contributed by atoms with van der Waals surface area (Å²) in [6, 6.07) is 18.2. The van der Waals surface area contributed by atoms with Gasteiger partial charge in [0.2, 0.25) is 0 Å². The third-order valence-electron chi connectivity index (χ3n) is 3.10. The molecular weight excluding hydrogens is 377 g/mol. The Morgan fingerprint density at radius 2 is 1.72 bits per heavy atom. The molecule has 0 amide bonds. The molecule has 0 unspecified atom stereocenters. The molecule has 2 aromatic rings. The first-order valence-corrected chi connectivity index (χ1v) is 6.07. The van der Waals surface area contributed by atoms with Gasteiger partial charge in [0, 0.05) is 46.9 Å². The van der Waals surface area contributed by atoms with Crippen LogP contribution in [0.3, 0.4) is 0 Å². The van der Waals surface area contributed by atoms with Gasteiger partial charge in [-0.1, -0.05) is 55.7 Å². The molecule has 0 saturated carbocycles. The largest absolute Gasteiger partial charge is 0.147 e. The van der Waals surface area contributed by atoms with Crippen LogP contribution >= 0.6 is 0 Å². The molecule has 1 heteroatoms. The first kappa shape index (κ1) is 16.0. The summed E-state index contributed by atoms with van der Waals surface area (Å²) in [5.41, 5.74) is 5.34. The zero-order valence-electron chi connectivity index (χ0n) is 11.3. The van der Waals surface area contributed by atoms with Crippen molar-refractivity contribution < 1.29 is 46.9 Å². The van der Waals surface area contributed by atoms with E-state index in [1.165, 1.54) is 22.3 Å². The molecule has 102 valence electrons. The van der Waals surface area contributed by atoms with Crippen molar-refractivity contribution in [3.05, 3.63) is 59.7 Å². The molecule has 0 aliphatic carbocycles. The molecule has 0 nitrogen and oxygen atoms in total. The molecule has 0 radical (unpaired) electrons. The van der Waals surface area contributed by atoms with Crippen molar-refractivity contribution in [3.8, 4) is 11.1 Å². The molecule has 0 bridgehead atoms. The molecule has 18 heavy (non-hydrogen) atoms. The van der Waals surface area contributed by atoms with Crippen molar-refractivity contribution in [1.29, 1.82) is 0 Å². The molecule has 0 N–H and O–H groups in total. The second-order valence-corrected chi connectivity index (χ2v) is 5.56. The molecular formula is C17H19Yb-. The number of aryl methyl sites for hydroxylation is 1. The van der Waals surface area contributed by atoms with E-state index >= 15 is 0 Å². The van der Waals surface area contributed by atoms with Crippen LogP contribution in [0.15, 0.2) is 42.5 Å². The van der Waals surface area contributed by atoms with Crippen LogP contribution in [-0.2, 0) is 5.41 Å². The average Bonchev–Trinajstić information content (AvgIpc) is 2.29. The normalized spacial score (nSPS) is 10.9. The Morgan fingerprint density at radius 3 is 2.28 bits per heavy atom. The van der Waals surface area contributed by atoms with Crippen LogP contribution in [0.25, 0.3) is 11.1 Å². The van der Waals surface area contributed by atoms with Gasteiger partial charge in [-0.3, -0.25) is 0 Å². The number of hydrogen-bond acceptors (Lipinski definition) is 0. The van der Waals surface area contributed by atoms with Gasteiger partial charge < -0.3 is 0 Å². The van der Waals surface area contributed by atoms with Gasteiger partial charge in [0.05, 0.1) is 0 Å². The second kappa shape index (κ2) is 6.41. The summed E-state index contributed by atoms with van der Waals surface area (Å²) in [4.78, 5) is 0. The number of rotatable bonds is 1. The summed E-state index contributed by atoms with van der Waals surface area (Å²) in [7, 11) is 0. The zero-order chi connectivity index (χ0) is 12.5. The van der Waals surface area contributed by atoms with Crippen molar-refractivity contribution >= 4 is 0 Å². The van der Waals surface area contributed by atoms with Crippen LogP contribution in [0.5, 0.6) is 0 Å². The first-order valence-electron chi connectivity index (χ1n) is 6.07. The molecule has 0 fully saturated rings. The minimum absolute atomic E-state index is 0. The topological polar surface area (TPSA) is 0 Å². The van der Waals surface area contributed by atoms with E-state index in [1.807, 2.05) is 12.1 Å². The summed E-state index contributed by atoms with van der Waals surface area (Å²) in [5.74, 6) is 0. The van der Waals surface area contributed by atoms with Gasteiger partial charge in [-0.15, -0.1) is 35.9 Å². The molecule has 0 aliphatic heterocycles. The molecule has 0 aromatic heterocycles. The molecule has 0 aliphatic rings. The van der Waals surface area contributed by atoms with Gasteiger partial charge in [-0.05, 0) is 12.3 Å². The van der Waals surface area contributed by atoms with Crippen molar-refractivity contribution in [2.75, 3.05) is 0 Å². The van der Waals surface area contributed by atoms with Crippen molar-refractivity contribution in [2.24, 2.45) is 0 Å². The van der Waals surface area contributed by atoms with Gasteiger partial charge in [-0.25, -0.2) is 0 Å². The van der Waals surface area contributed by atoms with Crippen LogP contribution in [-0.4, -0.2) is 0 Å². The second-order valence-electron chi connectivity index (χ2n) is 5.56. The standard InChI is InChI=1S/C17H19.Yb/c1-13-10-11-15(17(2,3)4)12-16(13)14-8-6-5-7-9-14;/h5-8,10-12H,1-4H3;/q-1;. The van der Waals surface area contributed by atoms with E-state index in [1.54, 1.807) is 0 Å². The maximum atomic E-state index is 3.30. The summed E-state index contributed by atoms with van der Waals surface area (Å²) in [6.07, 6.45) is 0. The monoisotopic (exact) mass is 397 g/mol. The predicted molar refractivity (Wildman–Crippen MR) is 74.2 cm³/mol. The van der Waals surface area contributed by atoms with E-state index in [0.717, 1.165) is 0 Å². The van der Waals surface area contributed by atoms with Gasteiger partial charge in [-0.2, -0.15) is 0 Å². The van der Waals surface area contributed by atoms with Crippen LogP contribution in [0.1, 0.15) is 31.9 Å². The van der Waals surface area contributed by atoms with Crippen molar-refractivity contribution in [3.63, 3.8) is 0 Å². The van der Waals surface area contributed by atoms with Crippen LogP contribution in [0.4, 0.5) is 0 Å². The smallest absolute Gasteiger partial charge is 0 e. The van der Waals surface area contributed by atoms with Crippen molar-refractivity contribution in [2.45, 2.75) is 33.1 Å². The minimum Gasteiger partial charge on any atom is -0.147 e. The average molecular weight is 396 g/mol. The predicted octanol–water partition coefficient (Wildman–Crippen LogP) is 4.76. The van der Waals surface area contributed by atoms with E-state index in [9.17, 15) is 0 Å². The Balaban J connectivity index is 0.00000162. The third kappa shape index (κ3) is 3.73. The minimum atomic E-state index is 0. The summed E-state index contributed by atoms with van der Waals surface area (Å²) in [5, 5.41) is 0.